The number of hydrogen-bond acceptors (Lipinski definition) is 3. The van der Waals surface area contributed by atoms with Gasteiger partial charge < -0.3 is 14.9 Å². The van der Waals surface area contributed by atoms with Crippen molar-refractivity contribution in [2.45, 2.75) is 18.9 Å². The standard InChI is InChI=1S/C14H20N2O2/c1-15(2)10-13-7-4-8-16(13)12-6-3-5-11(9-12)14(17)18/h3,5-6,9,13H,4,7-8,10H2,1-2H3,(H,17,18). The molecule has 0 aliphatic carbocycles. The second-order valence-electron chi connectivity index (χ2n) is 5.11. The van der Waals surface area contributed by atoms with E-state index >= 15 is 0 Å². The Bertz CT molecular complexity index is 432. The maximum absolute atomic E-state index is 11.0. The highest BCUT2D eigenvalue weighted by atomic mass is 16.4. The van der Waals surface area contributed by atoms with Crippen LogP contribution in [-0.4, -0.2) is 49.2 Å². The van der Waals surface area contributed by atoms with E-state index in [4.69, 9.17) is 5.11 Å². The molecule has 0 radical (unpaired) electrons. The van der Waals surface area contributed by atoms with E-state index in [2.05, 4.69) is 23.9 Å². The summed E-state index contributed by atoms with van der Waals surface area (Å²) in [5.41, 5.74) is 1.39. The number of hydrogen-bond donors (Lipinski definition) is 1. The average molecular weight is 248 g/mol. The summed E-state index contributed by atoms with van der Waals surface area (Å²) in [4.78, 5) is 15.5. The lowest BCUT2D eigenvalue weighted by Crippen LogP contribution is -2.37. The van der Waals surface area contributed by atoms with Crippen molar-refractivity contribution in [1.29, 1.82) is 0 Å². The molecule has 1 heterocycles. The number of likely N-dealkylation sites (N-methyl/N-ethyl adjacent to an activating group) is 1. The molecular weight excluding hydrogens is 228 g/mol. The van der Waals surface area contributed by atoms with Crippen LogP contribution in [0.15, 0.2) is 24.3 Å². The molecule has 1 aliphatic heterocycles. The molecule has 0 aromatic heterocycles. The Kier molecular flexibility index (Phi) is 3.87. The molecule has 0 spiro atoms. The molecule has 1 aliphatic rings. The second kappa shape index (κ2) is 5.40. The summed E-state index contributed by atoms with van der Waals surface area (Å²) in [7, 11) is 4.15. The molecule has 4 heteroatoms. The summed E-state index contributed by atoms with van der Waals surface area (Å²) in [6, 6.07) is 7.73. The number of carbonyl (C=O) groups is 1. The summed E-state index contributed by atoms with van der Waals surface area (Å²) in [6.45, 7) is 2.03. The first-order valence-electron chi connectivity index (χ1n) is 6.32. The molecular formula is C14H20N2O2. The Morgan fingerprint density at radius 3 is 2.94 bits per heavy atom. The van der Waals surface area contributed by atoms with Crippen LogP contribution >= 0.6 is 0 Å². The van der Waals surface area contributed by atoms with Gasteiger partial charge >= 0.3 is 5.97 Å². The zero-order valence-corrected chi connectivity index (χ0v) is 11.0. The van der Waals surface area contributed by atoms with E-state index in [1.807, 2.05) is 12.1 Å². The third-order valence-corrected chi connectivity index (χ3v) is 3.38. The minimum absolute atomic E-state index is 0.364. The largest absolute Gasteiger partial charge is 0.478 e. The van der Waals surface area contributed by atoms with E-state index in [1.54, 1.807) is 12.1 Å². The fraction of sp³-hybridized carbons (Fsp3) is 0.500. The molecule has 1 atom stereocenters. The fourth-order valence-corrected chi connectivity index (χ4v) is 2.60. The molecule has 0 saturated carbocycles. The average Bonchev–Trinajstić information content (AvgIpc) is 2.76. The van der Waals surface area contributed by atoms with Gasteiger partial charge in [0.15, 0.2) is 0 Å². The van der Waals surface area contributed by atoms with Crippen LogP contribution in [0.3, 0.4) is 0 Å². The van der Waals surface area contributed by atoms with Gasteiger partial charge in [-0.05, 0) is 45.1 Å². The molecule has 1 fully saturated rings. The van der Waals surface area contributed by atoms with Gasteiger partial charge in [-0.15, -0.1) is 0 Å². The van der Waals surface area contributed by atoms with E-state index in [0.717, 1.165) is 18.8 Å². The predicted octanol–water partition coefficient (Wildman–Crippen LogP) is 1.92. The Labute approximate surface area is 108 Å². The zero-order chi connectivity index (χ0) is 13.1. The van der Waals surface area contributed by atoms with Crippen LogP contribution in [0.5, 0.6) is 0 Å². The molecule has 1 unspecified atom stereocenters. The predicted molar refractivity (Wildman–Crippen MR) is 72.3 cm³/mol. The Hall–Kier alpha value is -1.55. The first kappa shape index (κ1) is 12.9. The molecule has 1 aromatic carbocycles. The van der Waals surface area contributed by atoms with Gasteiger partial charge in [0.2, 0.25) is 0 Å². The van der Waals surface area contributed by atoms with E-state index in [1.165, 1.54) is 12.8 Å². The van der Waals surface area contributed by atoms with E-state index < -0.39 is 5.97 Å². The summed E-state index contributed by atoms with van der Waals surface area (Å²) >= 11 is 0. The summed E-state index contributed by atoms with van der Waals surface area (Å²) in [6.07, 6.45) is 2.35. The number of nitrogens with zero attached hydrogens (tertiary/aromatic N) is 2. The smallest absolute Gasteiger partial charge is 0.335 e. The monoisotopic (exact) mass is 248 g/mol. The number of rotatable bonds is 4. The van der Waals surface area contributed by atoms with Crippen LogP contribution in [0.4, 0.5) is 5.69 Å². The van der Waals surface area contributed by atoms with Crippen molar-refractivity contribution in [3.63, 3.8) is 0 Å². The van der Waals surface area contributed by atoms with Crippen LogP contribution in [0.25, 0.3) is 0 Å². The molecule has 1 aromatic rings. The van der Waals surface area contributed by atoms with Crippen molar-refractivity contribution >= 4 is 11.7 Å². The van der Waals surface area contributed by atoms with Gasteiger partial charge in [-0.2, -0.15) is 0 Å². The Morgan fingerprint density at radius 2 is 2.28 bits per heavy atom. The van der Waals surface area contributed by atoms with Crippen LogP contribution in [0.1, 0.15) is 23.2 Å². The third kappa shape index (κ3) is 2.82. The van der Waals surface area contributed by atoms with Gasteiger partial charge in [0, 0.05) is 24.8 Å². The lowest BCUT2D eigenvalue weighted by molar-refractivity contribution is 0.0697. The van der Waals surface area contributed by atoms with Gasteiger partial charge in [-0.3, -0.25) is 0 Å². The van der Waals surface area contributed by atoms with Crippen molar-refractivity contribution in [3.05, 3.63) is 29.8 Å². The molecule has 1 saturated heterocycles. The van der Waals surface area contributed by atoms with Crippen LogP contribution < -0.4 is 4.90 Å². The van der Waals surface area contributed by atoms with Gasteiger partial charge in [-0.25, -0.2) is 4.79 Å². The van der Waals surface area contributed by atoms with Crippen LogP contribution in [-0.2, 0) is 0 Å². The first-order chi connectivity index (χ1) is 8.58. The van der Waals surface area contributed by atoms with E-state index in [-0.39, 0.29) is 0 Å². The highest BCUT2D eigenvalue weighted by Gasteiger charge is 2.25. The van der Waals surface area contributed by atoms with Crippen molar-refractivity contribution in [2.24, 2.45) is 0 Å². The molecule has 98 valence electrons. The topological polar surface area (TPSA) is 43.8 Å². The minimum Gasteiger partial charge on any atom is -0.478 e. The summed E-state index contributed by atoms with van der Waals surface area (Å²) in [5.74, 6) is -0.861. The molecule has 2 rings (SSSR count). The van der Waals surface area contributed by atoms with Gasteiger partial charge in [0.05, 0.1) is 5.56 Å². The Morgan fingerprint density at radius 1 is 1.50 bits per heavy atom. The summed E-state index contributed by atoms with van der Waals surface area (Å²) in [5, 5.41) is 9.04. The quantitative estimate of drug-likeness (QED) is 0.884. The van der Waals surface area contributed by atoms with Crippen LogP contribution in [0.2, 0.25) is 0 Å². The Balaban J connectivity index is 2.19. The summed E-state index contributed by atoms with van der Waals surface area (Å²) < 4.78 is 0. The lowest BCUT2D eigenvalue weighted by atomic mass is 10.1. The molecule has 18 heavy (non-hydrogen) atoms. The van der Waals surface area contributed by atoms with Crippen LogP contribution in [0, 0.1) is 0 Å². The first-order valence-corrected chi connectivity index (χ1v) is 6.32. The normalized spacial score (nSPS) is 19.5. The maximum Gasteiger partial charge on any atom is 0.335 e. The number of carboxylic acid groups (broad SMARTS) is 1. The SMILES string of the molecule is CN(C)CC1CCCN1c1cccc(C(=O)O)c1. The van der Waals surface area contributed by atoms with Crippen molar-refractivity contribution in [2.75, 3.05) is 32.1 Å². The third-order valence-electron chi connectivity index (χ3n) is 3.38. The second-order valence-corrected chi connectivity index (χ2v) is 5.11. The molecule has 4 nitrogen and oxygen atoms in total. The van der Waals surface area contributed by atoms with Gasteiger partial charge in [0.1, 0.15) is 0 Å². The van der Waals surface area contributed by atoms with Gasteiger partial charge in [-0.1, -0.05) is 6.07 Å². The molecule has 0 amide bonds. The minimum atomic E-state index is -0.861. The van der Waals surface area contributed by atoms with E-state index in [0.29, 0.717) is 11.6 Å². The van der Waals surface area contributed by atoms with E-state index in [9.17, 15) is 4.79 Å². The number of benzene rings is 1. The van der Waals surface area contributed by atoms with Crippen molar-refractivity contribution in [1.82, 2.24) is 4.90 Å². The molecule has 1 N–H and O–H groups in total. The highest BCUT2D eigenvalue weighted by molar-refractivity contribution is 5.88. The number of carboxylic acids is 1. The zero-order valence-electron chi connectivity index (χ0n) is 11.0. The van der Waals surface area contributed by atoms with Gasteiger partial charge in [0.25, 0.3) is 0 Å². The number of aromatic carboxylic acids is 1. The van der Waals surface area contributed by atoms with Crippen molar-refractivity contribution in [3.8, 4) is 0 Å². The number of anilines is 1. The highest BCUT2D eigenvalue weighted by Crippen LogP contribution is 2.26. The maximum atomic E-state index is 11.0. The van der Waals surface area contributed by atoms with Crippen molar-refractivity contribution < 1.29 is 9.90 Å². The lowest BCUT2D eigenvalue weighted by Gasteiger charge is -2.29. The molecule has 0 bridgehead atoms. The fourth-order valence-electron chi connectivity index (χ4n) is 2.60.